The third kappa shape index (κ3) is 11.1. The van der Waals surface area contributed by atoms with E-state index < -0.39 is 83.4 Å². The molecule has 41 heavy (non-hydrogen) atoms. The third-order valence-corrected chi connectivity index (χ3v) is 8.15. The largest absolute Gasteiger partial charge is 0.431 e. The van der Waals surface area contributed by atoms with Crippen molar-refractivity contribution in [3.8, 4) is 0 Å². The molecular formula is C21H33F14N3O2S. The molecule has 0 fully saturated rings. The van der Waals surface area contributed by atoms with Gasteiger partial charge in [0, 0.05) is 25.9 Å². The highest BCUT2D eigenvalue weighted by atomic mass is 32.2. The molecule has 20 heteroatoms. The fourth-order valence-corrected chi connectivity index (χ4v) is 5.53. The SMILES string of the molecule is CNCCCN(CCCN(C)C)S(=O)(=O)CCCC(CC(F)(C(F)(F)F)C(F)(F)F)CC(F)(C(F)(F)F)C(F)(F)F. The summed E-state index contributed by atoms with van der Waals surface area (Å²) in [5.41, 5.74) is -12.6. The van der Waals surface area contributed by atoms with Crippen LogP contribution in [0.3, 0.4) is 0 Å². The lowest BCUT2D eigenvalue weighted by molar-refractivity contribution is -0.356. The van der Waals surface area contributed by atoms with E-state index in [0.717, 1.165) is 4.31 Å². The number of rotatable bonds is 17. The van der Waals surface area contributed by atoms with Gasteiger partial charge in [-0.25, -0.2) is 21.5 Å². The maximum atomic E-state index is 14.3. The first kappa shape index (κ1) is 39.8. The van der Waals surface area contributed by atoms with Gasteiger partial charge in [-0.2, -0.15) is 52.7 Å². The lowest BCUT2D eigenvalue weighted by Crippen LogP contribution is -2.57. The average molecular weight is 658 g/mol. The van der Waals surface area contributed by atoms with E-state index in [9.17, 15) is 69.9 Å². The van der Waals surface area contributed by atoms with Crippen LogP contribution in [-0.4, -0.2) is 107 Å². The maximum Gasteiger partial charge on any atom is 0.431 e. The van der Waals surface area contributed by atoms with Gasteiger partial charge in [-0.15, -0.1) is 0 Å². The summed E-state index contributed by atoms with van der Waals surface area (Å²) in [5.74, 6) is -4.31. The minimum atomic E-state index is -6.85. The molecule has 5 nitrogen and oxygen atoms in total. The van der Waals surface area contributed by atoms with Crippen molar-refractivity contribution < 1.29 is 69.9 Å². The van der Waals surface area contributed by atoms with Crippen LogP contribution < -0.4 is 5.32 Å². The number of alkyl halides is 14. The highest BCUT2D eigenvalue weighted by Crippen LogP contribution is 2.55. The normalized spacial score (nSPS) is 15.0. The molecule has 0 unspecified atom stereocenters. The van der Waals surface area contributed by atoms with Gasteiger partial charge >= 0.3 is 24.7 Å². The zero-order valence-corrected chi connectivity index (χ0v) is 23.1. The van der Waals surface area contributed by atoms with E-state index in [1.807, 2.05) is 0 Å². The summed E-state index contributed by atoms with van der Waals surface area (Å²) >= 11 is 0. The van der Waals surface area contributed by atoms with Gasteiger partial charge in [0.2, 0.25) is 10.0 Å². The zero-order valence-electron chi connectivity index (χ0n) is 22.3. The minimum Gasteiger partial charge on any atom is -0.320 e. The van der Waals surface area contributed by atoms with E-state index in [2.05, 4.69) is 5.32 Å². The van der Waals surface area contributed by atoms with Crippen molar-refractivity contribution in [2.45, 2.75) is 74.6 Å². The smallest absolute Gasteiger partial charge is 0.320 e. The predicted octanol–water partition coefficient (Wildman–Crippen LogP) is 6.02. The summed E-state index contributed by atoms with van der Waals surface area (Å²) in [6, 6.07) is 0. The number of hydrogen-bond acceptors (Lipinski definition) is 4. The van der Waals surface area contributed by atoms with Crippen LogP contribution in [-0.2, 0) is 10.0 Å². The van der Waals surface area contributed by atoms with E-state index in [4.69, 9.17) is 0 Å². The molecule has 0 aromatic rings. The Morgan fingerprint density at radius 1 is 0.634 bits per heavy atom. The first-order chi connectivity index (χ1) is 18.2. The molecular weight excluding hydrogens is 624 g/mol. The van der Waals surface area contributed by atoms with Crippen molar-refractivity contribution in [2.24, 2.45) is 5.92 Å². The van der Waals surface area contributed by atoms with Crippen molar-refractivity contribution in [1.82, 2.24) is 14.5 Å². The van der Waals surface area contributed by atoms with Crippen LogP contribution in [0, 0.1) is 5.92 Å². The van der Waals surface area contributed by atoms with Crippen molar-refractivity contribution in [1.29, 1.82) is 0 Å². The summed E-state index contributed by atoms with van der Waals surface area (Å²) in [7, 11) is 0.492. The summed E-state index contributed by atoms with van der Waals surface area (Å²) in [5, 5.41) is 2.73. The second kappa shape index (κ2) is 14.5. The molecule has 248 valence electrons. The monoisotopic (exact) mass is 657 g/mol. The molecule has 0 aliphatic carbocycles. The highest BCUT2D eigenvalue weighted by Gasteiger charge is 2.75. The van der Waals surface area contributed by atoms with E-state index in [0.29, 0.717) is 13.1 Å². The zero-order chi connectivity index (χ0) is 32.7. The van der Waals surface area contributed by atoms with Crippen LogP contribution in [0.2, 0.25) is 0 Å². The number of hydrogen-bond donors (Lipinski definition) is 1. The predicted molar refractivity (Wildman–Crippen MR) is 121 cm³/mol. The lowest BCUT2D eigenvalue weighted by atomic mass is 9.80. The molecule has 0 rings (SSSR count). The highest BCUT2D eigenvalue weighted by molar-refractivity contribution is 7.89. The Balaban J connectivity index is 6.23. The molecule has 0 atom stereocenters. The Labute approximate surface area is 228 Å². The molecule has 0 saturated heterocycles. The van der Waals surface area contributed by atoms with Gasteiger partial charge in [-0.05, 0) is 65.8 Å². The Kier molecular flexibility index (Phi) is 14.1. The summed E-state index contributed by atoms with van der Waals surface area (Å²) in [6.07, 6.45) is -35.6. The molecule has 0 aromatic heterocycles. The van der Waals surface area contributed by atoms with Gasteiger partial charge in [0.25, 0.3) is 11.3 Å². The maximum absolute atomic E-state index is 14.3. The fraction of sp³-hybridized carbons (Fsp3) is 1.00. The number of halogens is 14. The molecule has 1 N–H and O–H groups in total. The Morgan fingerprint density at radius 3 is 1.37 bits per heavy atom. The van der Waals surface area contributed by atoms with Crippen LogP contribution in [0.1, 0.15) is 38.5 Å². The van der Waals surface area contributed by atoms with E-state index in [-0.39, 0.29) is 25.9 Å². The topological polar surface area (TPSA) is 52.6 Å². The quantitative estimate of drug-likeness (QED) is 0.154. The first-order valence-electron chi connectivity index (χ1n) is 12.1. The van der Waals surface area contributed by atoms with Crippen LogP contribution >= 0.6 is 0 Å². The van der Waals surface area contributed by atoms with Gasteiger partial charge in [0.15, 0.2) is 0 Å². The van der Waals surface area contributed by atoms with E-state index >= 15 is 0 Å². The first-order valence-corrected chi connectivity index (χ1v) is 13.7. The second-order valence-corrected chi connectivity index (χ2v) is 11.9. The van der Waals surface area contributed by atoms with Gasteiger partial charge in [0.1, 0.15) is 0 Å². The summed E-state index contributed by atoms with van der Waals surface area (Å²) < 4.78 is 212. The molecule has 0 heterocycles. The van der Waals surface area contributed by atoms with E-state index in [1.54, 1.807) is 26.0 Å². The fourth-order valence-electron chi connectivity index (χ4n) is 3.93. The van der Waals surface area contributed by atoms with Gasteiger partial charge in [-0.3, -0.25) is 0 Å². The molecule has 0 spiro atoms. The molecule has 0 aromatic carbocycles. The molecule has 0 aliphatic rings. The standard InChI is InChI=1S/C21H33F14N3O2S/c1-36-8-5-10-38(11-6-9-37(2)3)41(39,40)12-4-7-15(13-16(22,18(24,25)26)19(27,28)29)14-17(23,20(30,31)32)21(33,34)35/h15,36H,4-14H2,1-3H3. The van der Waals surface area contributed by atoms with Crippen molar-refractivity contribution in [3.63, 3.8) is 0 Å². The minimum absolute atomic E-state index is 0.112. The lowest BCUT2D eigenvalue weighted by Gasteiger charge is -2.37. The summed E-state index contributed by atoms with van der Waals surface area (Å²) in [6.45, 7) is 0.481. The number of nitrogens with zero attached hydrogens (tertiary/aromatic N) is 2. The van der Waals surface area contributed by atoms with E-state index in [1.165, 1.54) is 0 Å². The average Bonchev–Trinajstić information content (AvgIpc) is 2.74. The van der Waals surface area contributed by atoms with Crippen molar-refractivity contribution in [3.05, 3.63) is 0 Å². The molecule has 0 radical (unpaired) electrons. The summed E-state index contributed by atoms with van der Waals surface area (Å²) in [4.78, 5) is 1.69. The molecule has 0 amide bonds. The van der Waals surface area contributed by atoms with Crippen molar-refractivity contribution in [2.75, 3.05) is 53.1 Å². The molecule has 0 saturated carbocycles. The van der Waals surface area contributed by atoms with Gasteiger partial charge < -0.3 is 10.2 Å². The Morgan fingerprint density at radius 2 is 1.02 bits per heavy atom. The Bertz CT molecular complexity index is 818. The third-order valence-electron chi connectivity index (χ3n) is 6.19. The van der Waals surface area contributed by atoms with Crippen LogP contribution in [0.25, 0.3) is 0 Å². The number of nitrogens with one attached hydrogen (secondary N) is 1. The van der Waals surface area contributed by atoms with Crippen LogP contribution in [0.5, 0.6) is 0 Å². The van der Waals surface area contributed by atoms with Gasteiger partial charge in [0.05, 0.1) is 5.75 Å². The van der Waals surface area contributed by atoms with Crippen LogP contribution in [0.4, 0.5) is 61.5 Å². The van der Waals surface area contributed by atoms with Crippen molar-refractivity contribution >= 4 is 10.0 Å². The van der Waals surface area contributed by atoms with Crippen LogP contribution in [0.15, 0.2) is 0 Å². The molecule has 0 bridgehead atoms. The number of sulfonamides is 1. The second-order valence-electron chi connectivity index (χ2n) is 9.84. The molecule has 0 aliphatic heterocycles. The van der Waals surface area contributed by atoms with Gasteiger partial charge in [-0.1, -0.05) is 0 Å². The Hall–Kier alpha value is -1.15.